The number of aliphatic imine (C=N–C) groups is 1. The van der Waals surface area contributed by atoms with Crippen LogP contribution in [-0.4, -0.2) is 11.6 Å². The summed E-state index contributed by atoms with van der Waals surface area (Å²) in [6, 6.07) is 20.0. The SMILES string of the molecule is O=C1CC(c2cccc(C(F)(F)F)c2)=Nc2ccc(-c3ccccc3)cc2N1. The molecule has 0 unspecified atom stereocenters. The van der Waals surface area contributed by atoms with Crippen molar-refractivity contribution in [3.05, 3.63) is 83.9 Å². The van der Waals surface area contributed by atoms with Crippen molar-refractivity contribution >= 4 is 23.0 Å². The highest BCUT2D eigenvalue weighted by molar-refractivity contribution is 6.17. The molecule has 0 bridgehead atoms. The van der Waals surface area contributed by atoms with E-state index in [2.05, 4.69) is 10.3 Å². The van der Waals surface area contributed by atoms with Crippen molar-refractivity contribution in [2.75, 3.05) is 5.32 Å². The number of amides is 1. The second-order valence-electron chi connectivity index (χ2n) is 6.46. The maximum Gasteiger partial charge on any atom is 0.416 e. The minimum absolute atomic E-state index is 0.101. The molecule has 28 heavy (non-hydrogen) atoms. The predicted octanol–water partition coefficient (Wildman–Crippen LogP) is 5.84. The third-order valence-electron chi connectivity index (χ3n) is 4.48. The normalized spacial score (nSPS) is 14.0. The first-order valence-corrected chi connectivity index (χ1v) is 8.65. The van der Waals surface area contributed by atoms with E-state index in [4.69, 9.17) is 0 Å². The van der Waals surface area contributed by atoms with Crippen molar-refractivity contribution in [1.29, 1.82) is 0 Å². The third-order valence-corrected chi connectivity index (χ3v) is 4.48. The van der Waals surface area contributed by atoms with Crippen LogP contribution >= 0.6 is 0 Å². The van der Waals surface area contributed by atoms with Gasteiger partial charge >= 0.3 is 6.18 Å². The van der Waals surface area contributed by atoms with Crippen LogP contribution in [0.1, 0.15) is 17.5 Å². The average molecular weight is 380 g/mol. The largest absolute Gasteiger partial charge is 0.416 e. The van der Waals surface area contributed by atoms with Crippen molar-refractivity contribution in [2.24, 2.45) is 4.99 Å². The number of alkyl halides is 3. The lowest BCUT2D eigenvalue weighted by atomic mass is 10.0. The van der Waals surface area contributed by atoms with Gasteiger partial charge in [-0.15, -0.1) is 0 Å². The Kier molecular flexibility index (Phi) is 4.47. The fourth-order valence-electron chi connectivity index (χ4n) is 3.12. The summed E-state index contributed by atoms with van der Waals surface area (Å²) in [7, 11) is 0. The van der Waals surface area contributed by atoms with E-state index in [0.29, 0.717) is 17.1 Å². The van der Waals surface area contributed by atoms with E-state index in [1.807, 2.05) is 42.5 Å². The van der Waals surface area contributed by atoms with Gasteiger partial charge < -0.3 is 5.32 Å². The highest BCUT2D eigenvalue weighted by Crippen LogP contribution is 2.34. The molecule has 0 saturated heterocycles. The molecule has 1 aliphatic rings. The number of rotatable bonds is 2. The zero-order valence-corrected chi connectivity index (χ0v) is 14.6. The fourth-order valence-corrected chi connectivity index (χ4v) is 3.12. The van der Waals surface area contributed by atoms with Crippen molar-refractivity contribution < 1.29 is 18.0 Å². The number of carbonyl (C=O) groups excluding carboxylic acids is 1. The standard InChI is InChI=1S/C22H15F3N2O/c23-22(24,25)17-8-4-7-16(11-17)19-13-21(28)27-20-12-15(9-10-18(20)26-19)14-5-2-1-3-6-14/h1-12H,13H2,(H,27,28). The van der Waals surface area contributed by atoms with E-state index in [9.17, 15) is 18.0 Å². The van der Waals surface area contributed by atoms with Crippen molar-refractivity contribution in [3.63, 3.8) is 0 Å². The second kappa shape index (κ2) is 6.96. The maximum absolute atomic E-state index is 13.0. The number of hydrogen-bond acceptors (Lipinski definition) is 2. The number of nitrogens with zero attached hydrogens (tertiary/aromatic N) is 1. The molecular formula is C22H15F3N2O. The molecule has 140 valence electrons. The summed E-state index contributed by atoms with van der Waals surface area (Å²) in [4.78, 5) is 16.8. The zero-order valence-electron chi connectivity index (χ0n) is 14.6. The van der Waals surface area contributed by atoms with Crippen LogP contribution < -0.4 is 5.32 Å². The van der Waals surface area contributed by atoms with Crippen LogP contribution in [0.25, 0.3) is 11.1 Å². The van der Waals surface area contributed by atoms with Crippen molar-refractivity contribution in [1.82, 2.24) is 0 Å². The molecule has 6 heteroatoms. The van der Waals surface area contributed by atoms with Gasteiger partial charge in [0, 0.05) is 0 Å². The Labute approximate surface area is 159 Å². The molecule has 3 aromatic carbocycles. The van der Waals surface area contributed by atoms with Crippen molar-refractivity contribution in [3.8, 4) is 11.1 Å². The van der Waals surface area contributed by atoms with Gasteiger partial charge in [-0.05, 0) is 41.0 Å². The molecule has 3 aromatic rings. The first kappa shape index (κ1) is 18.0. The smallest absolute Gasteiger partial charge is 0.324 e. The minimum Gasteiger partial charge on any atom is -0.324 e. The summed E-state index contributed by atoms with van der Waals surface area (Å²) in [6.45, 7) is 0. The van der Waals surface area contributed by atoms with Gasteiger partial charge in [-0.2, -0.15) is 13.2 Å². The zero-order chi connectivity index (χ0) is 19.7. The molecule has 0 atom stereocenters. The summed E-state index contributed by atoms with van der Waals surface area (Å²) in [5.74, 6) is -0.319. The Bertz CT molecular complexity index is 1070. The number of nitrogens with one attached hydrogen (secondary N) is 1. The monoisotopic (exact) mass is 380 g/mol. The van der Waals surface area contributed by atoms with Gasteiger partial charge in [-0.3, -0.25) is 9.79 Å². The van der Waals surface area contributed by atoms with Gasteiger partial charge in [0.05, 0.1) is 29.1 Å². The van der Waals surface area contributed by atoms with Gasteiger partial charge in [0.25, 0.3) is 0 Å². The molecule has 0 fully saturated rings. The van der Waals surface area contributed by atoms with Crippen LogP contribution in [0, 0.1) is 0 Å². The fraction of sp³-hybridized carbons (Fsp3) is 0.0909. The predicted molar refractivity (Wildman–Crippen MR) is 103 cm³/mol. The van der Waals surface area contributed by atoms with Gasteiger partial charge in [0.15, 0.2) is 0 Å². The summed E-state index contributed by atoms with van der Waals surface area (Å²) in [5, 5.41) is 2.80. The van der Waals surface area contributed by atoms with Crippen LogP contribution in [-0.2, 0) is 11.0 Å². The Hall–Kier alpha value is -3.41. The lowest BCUT2D eigenvalue weighted by Crippen LogP contribution is -2.15. The average Bonchev–Trinajstić information content (AvgIpc) is 2.85. The van der Waals surface area contributed by atoms with E-state index in [1.165, 1.54) is 12.1 Å². The first-order valence-electron chi connectivity index (χ1n) is 8.65. The molecule has 0 saturated carbocycles. The van der Waals surface area contributed by atoms with E-state index in [0.717, 1.165) is 23.3 Å². The van der Waals surface area contributed by atoms with E-state index in [-0.39, 0.29) is 17.9 Å². The van der Waals surface area contributed by atoms with Gasteiger partial charge in [-0.1, -0.05) is 48.5 Å². The number of benzene rings is 3. The number of carbonyl (C=O) groups is 1. The van der Waals surface area contributed by atoms with E-state index >= 15 is 0 Å². The maximum atomic E-state index is 13.0. The lowest BCUT2D eigenvalue weighted by Gasteiger charge is -2.09. The van der Waals surface area contributed by atoms with Gasteiger partial charge in [0.2, 0.25) is 5.91 Å². The number of halogens is 3. The number of fused-ring (bicyclic) bond motifs is 1. The number of hydrogen-bond donors (Lipinski definition) is 1. The summed E-state index contributed by atoms with van der Waals surface area (Å²) in [6.07, 6.45) is -4.55. The van der Waals surface area contributed by atoms with Gasteiger partial charge in [-0.25, -0.2) is 0 Å². The van der Waals surface area contributed by atoms with E-state index < -0.39 is 11.7 Å². The van der Waals surface area contributed by atoms with Gasteiger partial charge in [0.1, 0.15) is 0 Å². The quantitative estimate of drug-likeness (QED) is 0.597. The Balaban J connectivity index is 1.76. The molecule has 0 aromatic heterocycles. The molecule has 1 N–H and O–H groups in total. The molecule has 1 amide bonds. The van der Waals surface area contributed by atoms with Crippen LogP contribution in [0.4, 0.5) is 24.5 Å². The van der Waals surface area contributed by atoms with Crippen LogP contribution in [0.5, 0.6) is 0 Å². The third kappa shape index (κ3) is 3.67. The molecule has 0 spiro atoms. The summed E-state index contributed by atoms with van der Waals surface area (Å²) < 4.78 is 39.1. The first-order chi connectivity index (χ1) is 13.4. The lowest BCUT2D eigenvalue weighted by molar-refractivity contribution is -0.137. The van der Waals surface area contributed by atoms with Crippen LogP contribution in [0.2, 0.25) is 0 Å². The highest BCUT2D eigenvalue weighted by atomic mass is 19.4. The molecular weight excluding hydrogens is 365 g/mol. The van der Waals surface area contributed by atoms with Crippen LogP contribution in [0.3, 0.4) is 0 Å². The molecule has 4 rings (SSSR count). The summed E-state index contributed by atoms with van der Waals surface area (Å²) >= 11 is 0. The van der Waals surface area contributed by atoms with E-state index in [1.54, 1.807) is 6.07 Å². The molecule has 0 radical (unpaired) electrons. The topological polar surface area (TPSA) is 41.5 Å². The Morgan fingerprint density at radius 2 is 1.57 bits per heavy atom. The molecule has 1 aliphatic heterocycles. The highest BCUT2D eigenvalue weighted by Gasteiger charge is 2.31. The molecule has 0 aliphatic carbocycles. The van der Waals surface area contributed by atoms with Crippen LogP contribution in [0.15, 0.2) is 77.8 Å². The van der Waals surface area contributed by atoms with Crippen molar-refractivity contribution in [2.45, 2.75) is 12.6 Å². The molecule has 3 nitrogen and oxygen atoms in total. The minimum atomic E-state index is -4.45. The molecule has 1 heterocycles. The Morgan fingerprint density at radius 1 is 0.821 bits per heavy atom. The number of anilines is 1. The summed E-state index contributed by atoms with van der Waals surface area (Å²) in [5.41, 5.74) is 2.77. The Morgan fingerprint density at radius 3 is 2.32 bits per heavy atom. The second-order valence-corrected chi connectivity index (χ2v) is 6.46.